The zero-order valence-electron chi connectivity index (χ0n) is 6.92. The van der Waals surface area contributed by atoms with Crippen molar-refractivity contribution in [2.45, 2.75) is 32.1 Å². The van der Waals surface area contributed by atoms with Crippen molar-refractivity contribution in [2.75, 3.05) is 0 Å². The minimum atomic E-state index is 1.50. The van der Waals surface area contributed by atoms with Crippen LogP contribution in [0, 0.1) is 6.07 Å². The Labute approximate surface area is 69.3 Å². The van der Waals surface area contributed by atoms with Crippen LogP contribution in [0.15, 0.2) is 30.3 Å². The van der Waals surface area contributed by atoms with Crippen LogP contribution in [0.2, 0.25) is 0 Å². The van der Waals surface area contributed by atoms with Crippen LogP contribution in [-0.4, -0.2) is 0 Å². The van der Waals surface area contributed by atoms with Gasteiger partial charge >= 0.3 is 0 Å². The predicted octanol–water partition coefficient (Wildman–Crippen LogP) is 3.44. The summed E-state index contributed by atoms with van der Waals surface area (Å²) in [5, 5.41) is 0. The average Bonchev–Trinajstić information content (AvgIpc) is 2.64. The molecule has 2 rings (SSSR count). The van der Waals surface area contributed by atoms with E-state index in [2.05, 4.69) is 6.07 Å². The molecule has 11 heavy (non-hydrogen) atoms. The van der Waals surface area contributed by atoms with Gasteiger partial charge in [-0.15, -0.1) is 0 Å². The van der Waals surface area contributed by atoms with E-state index < -0.39 is 0 Å². The summed E-state index contributed by atoms with van der Waals surface area (Å²) in [7, 11) is 0. The molecule has 0 amide bonds. The van der Waals surface area contributed by atoms with E-state index in [9.17, 15) is 0 Å². The fourth-order valence-corrected chi connectivity index (χ4v) is 1.23. The summed E-state index contributed by atoms with van der Waals surface area (Å²) in [5.41, 5.74) is 0. The Morgan fingerprint density at radius 1 is 0.636 bits per heavy atom. The van der Waals surface area contributed by atoms with Crippen LogP contribution in [0.25, 0.3) is 0 Å². The van der Waals surface area contributed by atoms with Crippen molar-refractivity contribution in [1.29, 1.82) is 0 Å². The molecule has 1 aliphatic carbocycles. The van der Waals surface area contributed by atoms with E-state index in [1.54, 1.807) is 0 Å². The van der Waals surface area contributed by atoms with E-state index >= 15 is 0 Å². The van der Waals surface area contributed by atoms with Crippen LogP contribution in [0.1, 0.15) is 32.1 Å². The molecule has 0 heterocycles. The maximum Gasteiger partial charge on any atom is -0.0184 e. The molecule has 0 N–H and O–H groups in total. The molecule has 0 aromatic heterocycles. The van der Waals surface area contributed by atoms with E-state index in [1.807, 2.05) is 30.3 Å². The molecule has 0 bridgehead atoms. The number of rotatable bonds is 0. The van der Waals surface area contributed by atoms with E-state index in [-0.39, 0.29) is 0 Å². The van der Waals surface area contributed by atoms with Gasteiger partial charge in [-0.2, -0.15) is 0 Å². The molecule has 0 saturated heterocycles. The molecule has 0 nitrogen and oxygen atoms in total. The van der Waals surface area contributed by atoms with E-state index in [0.717, 1.165) is 0 Å². The van der Waals surface area contributed by atoms with Crippen molar-refractivity contribution < 1.29 is 0 Å². The van der Waals surface area contributed by atoms with Gasteiger partial charge in [-0.05, 0) is 6.07 Å². The van der Waals surface area contributed by atoms with Crippen LogP contribution in [0.4, 0.5) is 0 Å². The van der Waals surface area contributed by atoms with Gasteiger partial charge in [-0.25, -0.2) is 0 Å². The lowest BCUT2D eigenvalue weighted by Gasteiger charge is -1.68. The van der Waals surface area contributed by atoms with Crippen LogP contribution >= 0.6 is 0 Å². The lowest BCUT2D eigenvalue weighted by atomic mass is 10.4. The molecule has 1 fully saturated rings. The zero-order chi connectivity index (χ0) is 7.78. The topological polar surface area (TPSA) is 0 Å². The Hall–Kier alpha value is -0.780. The first-order valence-corrected chi connectivity index (χ1v) is 4.41. The SMILES string of the molecule is C1CCCC1.[c]1ccccc1. The molecule has 1 aromatic carbocycles. The summed E-state index contributed by atoms with van der Waals surface area (Å²) in [6.07, 6.45) is 7.50. The predicted molar refractivity (Wildman–Crippen MR) is 48.4 cm³/mol. The van der Waals surface area contributed by atoms with Crippen molar-refractivity contribution in [3.63, 3.8) is 0 Å². The Balaban J connectivity index is 0.000000112. The summed E-state index contributed by atoms with van der Waals surface area (Å²) >= 11 is 0. The largest absolute Gasteiger partial charge is 0.0622 e. The summed E-state index contributed by atoms with van der Waals surface area (Å²) in [6, 6.07) is 12.5. The summed E-state index contributed by atoms with van der Waals surface area (Å²) < 4.78 is 0. The third-order valence-corrected chi connectivity index (χ3v) is 1.86. The van der Waals surface area contributed by atoms with Gasteiger partial charge in [0.05, 0.1) is 0 Å². The maximum absolute atomic E-state index is 2.89. The Morgan fingerprint density at radius 2 is 1.09 bits per heavy atom. The molecule has 0 aliphatic heterocycles. The Bertz CT molecular complexity index is 117. The standard InChI is InChI=1S/C6H5.C5H10/c1-2-4-6-5-3-1;1-2-4-5-3-1/h1-5H;1-5H2. The second-order valence-electron chi connectivity index (χ2n) is 2.85. The zero-order valence-corrected chi connectivity index (χ0v) is 6.92. The molecule has 59 valence electrons. The molecule has 0 spiro atoms. The highest BCUT2D eigenvalue weighted by atomic mass is 14.0. The van der Waals surface area contributed by atoms with Crippen molar-refractivity contribution in [2.24, 2.45) is 0 Å². The molecule has 1 saturated carbocycles. The van der Waals surface area contributed by atoms with Gasteiger partial charge < -0.3 is 0 Å². The van der Waals surface area contributed by atoms with Crippen molar-refractivity contribution >= 4 is 0 Å². The molecule has 0 atom stereocenters. The Morgan fingerprint density at radius 3 is 1.27 bits per heavy atom. The molecule has 1 aliphatic rings. The first-order chi connectivity index (χ1) is 5.50. The first kappa shape index (κ1) is 8.32. The lowest BCUT2D eigenvalue weighted by molar-refractivity contribution is 0.886. The summed E-state index contributed by atoms with van der Waals surface area (Å²) in [6.45, 7) is 0. The van der Waals surface area contributed by atoms with E-state index in [0.29, 0.717) is 0 Å². The van der Waals surface area contributed by atoms with Gasteiger partial charge in [0.15, 0.2) is 0 Å². The molecule has 0 unspecified atom stereocenters. The fraction of sp³-hybridized carbons (Fsp3) is 0.455. The minimum absolute atomic E-state index is 1.50. The normalized spacial score (nSPS) is 15.3. The van der Waals surface area contributed by atoms with Gasteiger partial charge in [0.2, 0.25) is 0 Å². The molecular formula is C11H15. The smallest absolute Gasteiger partial charge is 0.0184 e. The first-order valence-electron chi connectivity index (χ1n) is 4.41. The second-order valence-corrected chi connectivity index (χ2v) is 2.85. The van der Waals surface area contributed by atoms with Crippen LogP contribution < -0.4 is 0 Å². The Kier molecular flexibility index (Phi) is 4.51. The van der Waals surface area contributed by atoms with Crippen LogP contribution in [0.5, 0.6) is 0 Å². The summed E-state index contributed by atoms with van der Waals surface area (Å²) in [4.78, 5) is 0. The van der Waals surface area contributed by atoms with E-state index in [4.69, 9.17) is 0 Å². The quantitative estimate of drug-likeness (QED) is 0.527. The number of hydrogen-bond acceptors (Lipinski definition) is 0. The lowest BCUT2D eigenvalue weighted by Crippen LogP contribution is -1.49. The van der Waals surface area contributed by atoms with Gasteiger partial charge in [0.25, 0.3) is 0 Å². The number of hydrogen-bond donors (Lipinski definition) is 0. The second kappa shape index (κ2) is 5.96. The molecule has 1 radical (unpaired) electrons. The molecule has 0 heteroatoms. The fourth-order valence-electron chi connectivity index (χ4n) is 1.23. The summed E-state index contributed by atoms with van der Waals surface area (Å²) in [5.74, 6) is 0. The van der Waals surface area contributed by atoms with Gasteiger partial charge in [0, 0.05) is 0 Å². The monoisotopic (exact) mass is 147 g/mol. The maximum atomic E-state index is 2.89. The van der Waals surface area contributed by atoms with Gasteiger partial charge in [0.1, 0.15) is 0 Å². The van der Waals surface area contributed by atoms with E-state index in [1.165, 1.54) is 32.1 Å². The highest BCUT2D eigenvalue weighted by Gasteiger charge is 1.95. The molecule has 1 aromatic rings. The van der Waals surface area contributed by atoms with Gasteiger partial charge in [-0.1, -0.05) is 62.4 Å². The van der Waals surface area contributed by atoms with Crippen molar-refractivity contribution in [3.05, 3.63) is 36.4 Å². The highest BCUT2D eigenvalue weighted by molar-refractivity contribution is 4.97. The highest BCUT2D eigenvalue weighted by Crippen LogP contribution is 2.15. The van der Waals surface area contributed by atoms with Crippen molar-refractivity contribution in [1.82, 2.24) is 0 Å². The third kappa shape index (κ3) is 4.60. The number of benzene rings is 1. The van der Waals surface area contributed by atoms with Crippen LogP contribution in [-0.2, 0) is 0 Å². The average molecular weight is 147 g/mol. The molecular weight excluding hydrogens is 132 g/mol. The van der Waals surface area contributed by atoms with Crippen molar-refractivity contribution in [3.8, 4) is 0 Å². The van der Waals surface area contributed by atoms with Crippen LogP contribution in [0.3, 0.4) is 0 Å². The van der Waals surface area contributed by atoms with Gasteiger partial charge in [-0.3, -0.25) is 0 Å². The minimum Gasteiger partial charge on any atom is -0.0622 e. The third-order valence-electron chi connectivity index (χ3n) is 1.86.